The normalized spacial score (nSPS) is 8.85. The first-order valence-electron chi connectivity index (χ1n) is 4.55. The molecule has 0 saturated heterocycles. The van der Waals surface area contributed by atoms with Gasteiger partial charge in [-0.25, -0.2) is 0 Å². The van der Waals surface area contributed by atoms with Crippen LogP contribution in [0.3, 0.4) is 0 Å². The van der Waals surface area contributed by atoms with Gasteiger partial charge in [0.2, 0.25) is 0 Å². The summed E-state index contributed by atoms with van der Waals surface area (Å²) in [6, 6.07) is 10.2. The number of ether oxygens (including phenoxy) is 1. The predicted octanol–water partition coefficient (Wildman–Crippen LogP) is 2.06. The molecule has 13 heavy (non-hydrogen) atoms. The standard InChI is InChI=1S/C9H12O.C2H7N/c1-2-10-8-9-6-4-3-5-7-9;1-3-2/h3-7H,2,8H2,1H3;3H,1-2H3. The van der Waals surface area contributed by atoms with Crippen molar-refractivity contribution in [3.05, 3.63) is 35.9 Å². The van der Waals surface area contributed by atoms with Gasteiger partial charge in [0.1, 0.15) is 0 Å². The first-order chi connectivity index (χ1) is 6.35. The molecule has 0 unspecified atom stereocenters. The Labute approximate surface area is 80.9 Å². The van der Waals surface area contributed by atoms with Crippen LogP contribution < -0.4 is 5.32 Å². The maximum Gasteiger partial charge on any atom is 0.0716 e. The average Bonchev–Trinajstić information content (AvgIpc) is 2.18. The summed E-state index contributed by atoms with van der Waals surface area (Å²) in [6.45, 7) is 3.52. The Morgan fingerprint density at radius 1 is 1.15 bits per heavy atom. The van der Waals surface area contributed by atoms with Crippen molar-refractivity contribution < 1.29 is 4.74 Å². The molecule has 0 radical (unpaired) electrons. The summed E-state index contributed by atoms with van der Waals surface area (Å²) in [5, 5.41) is 2.75. The van der Waals surface area contributed by atoms with Gasteiger partial charge in [0.15, 0.2) is 0 Å². The minimum Gasteiger partial charge on any atom is -0.377 e. The Kier molecular flexibility index (Phi) is 8.62. The first kappa shape index (κ1) is 12.1. The van der Waals surface area contributed by atoms with Gasteiger partial charge in [-0.15, -0.1) is 0 Å². The topological polar surface area (TPSA) is 21.3 Å². The van der Waals surface area contributed by atoms with Gasteiger partial charge >= 0.3 is 0 Å². The highest BCUT2D eigenvalue weighted by atomic mass is 16.5. The highest BCUT2D eigenvalue weighted by Crippen LogP contribution is 1.99. The Bertz CT molecular complexity index is 187. The van der Waals surface area contributed by atoms with Gasteiger partial charge in [-0.1, -0.05) is 30.3 Å². The summed E-state index contributed by atoms with van der Waals surface area (Å²) in [4.78, 5) is 0. The van der Waals surface area contributed by atoms with Gasteiger partial charge in [-0.2, -0.15) is 0 Å². The van der Waals surface area contributed by atoms with Crippen LogP contribution in [-0.2, 0) is 11.3 Å². The van der Waals surface area contributed by atoms with Crippen LogP contribution in [0.15, 0.2) is 30.3 Å². The quantitative estimate of drug-likeness (QED) is 0.770. The molecular weight excluding hydrogens is 162 g/mol. The molecule has 0 aliphatic heterocycles. The van der Waals surface area contributed by atoms with Crippen LogP contribution in [-0.4, -0.2) is 20.7 Å². The van der Waals surface area contributed by atoms with Gasteiger partial charge in [-0.05, 0) is 26.6 Å². The van der Waals surface area contributed by atoms with E-state index in [9.17, 15) is 0 Å². The Balaban J connectivity index is 0.000000424. The molecule has 1 rings (SSSR count). The zero-order valence-corrected chi connectivity index (χ0v) is 8.71. The van der Waals surface area contributed by atoms with Crippen LogP contribution in [0.25, 0.3) is 0 Å². The molecule has 0 amide bonds. The third-order valence-corrected chi connectivity index (χ3v) is 1.32. The second-order valence-corrected chi connectivity index (χ2v) is 2.62. The van der Waals surface area contributed by atoms with Crippen molar-refractivity contribution in [3.8, 4) is 0 Å². The fourth-order valence-corrected chi connectivity index (χ4v) is 0.794. The summed E-state index contributed by atoms with van der Waals surface area (Å²) >= 11 is 0. The van der Waals surface area contributed by atoms with Gasteiger partial charge < -0.3 is 10.1 Å². The molecule has 74 valence electrons. The van der Waals surface area contributed by atoms with E-state index in [1.165, 1.54) is 5.56 Å². The minimum absolute atomic E-state index is 0.733. The third kappa shape index (κ3) is 7.50. The zero-order chi connectivity index (χ0) is 9.94. The van der Waals surface area contributed by atoms with Crippen molar-refractivity contribution in [3.63, 3.8) is 0 Å². The third-order valence-electron chi connectivity index (χ3n) is 1.32. The van der Waals surface area contributed by atoms with E-state index in [4.69, 9.17) is 4.74 Å². The lowest BCUT2D eigenvalue weighted by Crippen LogP contribution is -1.90. The van der Waals surface area contributed by atoms with Gasteiger partial charge in [0.05, 0.1) is 6.61 Å². The maximum atomic E-state index is 5.22. The van der Waals surface area contributed by atoms with E-state index in [-0.39, 0.29) is 0 Å². The van der Waals surface area contributed by atoms with E-state index in [0.717, 1.165) is 13.2 Å². The number of hydrogen-bond donors (Lipinski definition) is 1. The summed E-state index contributed by atoms with van der Waals surface area (Å²) in [7, 11) is 3.75. The zero-order valence-electron chi connectivity index (χ0n) is 8.71. The van der Waals surface area contributed by atoms with Crippen LogP contribution in [0.4, 0.5) is 0 Å². The summed E-state index contributed by atoms with van der Waals surface area (Å²) in [5.74, 6) is 0. The highest BCUT2D eigenvalue weighted by Gasteiger charge is 1.86. The van der Waals surface area contributed by atoms with Crippen molar-refractivity contribution in [2.24, 2.45) is 0 Å². The molecule has 0 spiro atoms. The Morgan fingerprint density at radius 3 is 2.15 bits per heavy atom. The predicted molar refractivity (Wildman–Crippen MR) is 56.8 cm³/mol. The van der Waals surface area contributed by atoms with Crippen molar-refractivity contribution in [1.29, 1.82) is 0 Å². The second kappa shape index (κ2) is 9.23. The number of benzene rings is 1. The van der Waals surface area contributed by atoms with Crippen molar-refractivity contribution in [2.75, 3.05) is 20.7 Å². The molecule has 1 aromatic carbocycles. The molecule has 0 aliphatic rings. The van der Waals surface area contributed by atoms with Gasteiger partial charge in [0, 0.05) is 6.61 Å². The van der Waals surface area contributed by atoms with E-state index >= 15 is 0 Å². The average molecular weight is 181 g/mol. The molecule has 1 N–H and O–H groups in total. The lowest BCUT2D eigenvalue weighted by Gasteiger charge is -1.98. The van der Waals surface area contributed by atoms with Crippen molar-refractivity contribution in [2.45, 2.75) is 13.5 Å². The number of nitrogens with one attached hydrogen (secondary N) is 1. The van der Waals surface area contributed by atoms with E-state index < -0.39 is 0 Å². The van der Waals surface area contributed by atoms with Crippen LogP contribution in [0.2, 0.25) is 0 Å². The Morgan fingerprint density at radius 2 is 1.69 bits per heavy atom. The molecule has 0 fully saturated rings. The monoisotopic (exact) mass is 181 g/mol. The largest absolute Gasteiger partial charge is 0.377 e. The number of rotatable bonds is 3. The van der Waals surface area contributed by atoms with E-state index in [2.05, 4.69) is 17.4 Å². The van der Waals surface area contributed by atoms with Crippen molar-refractivity contribution >= 4 is 0 Å². The van der Waals surface area contributed by atoms with E-state index in [1.807, 2.05) is 39.2 Å². The summed E-state index contributed by atoms with van der Waals surface area (Å²) in [6.07, 6.45) is 0. The van der Waals surface area contributed by atoms with Crippen LogP contribution >= 0.6 is 0 Å². The van der Waals surface area contributed by atoms with Crippen LogP contribution in [0.1, 0.15) is 12.5 Å². The maximum absolute atomic E-state index is 5.22. The molecule has 0 heterocycles. The molecule has 0 aliphatic carbocycles. The molecule has 0 saturated carbocycles. The Hall–Kier alpha value is -0.860. The van der Waals surface area contributed by atoms with Crippen molar-refractivity contribution in [1.82, 2.24) is 5.32 Å². The molecule has 2 heteroatoms. The number of hydrogen-bond acceptors (Lipinski definition) is 2. The first-order valence-corrected chi connectivity index (χ1v) is 4.55. The van der Waals surface area contributed by atoms with Gasteiger partial charge in [0.25, 0.3) is 0 Å². The van der Waals surface area contributed by atoms with E-state index in [1.54, 1.807) is 0 Å². The van der Waals surface area contributed by atoms with Crippen LogP contribution in [0.5, 0.6) is 0 Å². The highest BCUT2D eigenvalue weighted by molar-refractivity contribution is 5.13. The fraction of sp³-hybridized carbons (Fsp3) is 0.455. The molecule has 0 aromatic heterocycles. The van der Waals surface area contributed by atoms with Gasteiger partial charge in [-0.3, -0.25) is 0 Å². The molecule has 2 nitrogen and oxygen atoms in total. The minimum atomic E-state index is 0.733. The smallest absolute Gasteiger partial charge is 0.0716 e. The lowest BCUT2D eigenvalue weighted by molar-refractivity contribution is 0.134. The SMILES string of the molecule is CCOCc1ccccc1.CNC. The van der Waals surface area contributed by atoms with E-state index in [0.29, 0.717) is 0 Å². The summed E-state index contributed by atoms with van der Waals surface area (Å²) in [5.41, 5.74) is 1.24. The van der Waals surface area contributed by atoms with Crippen LogP contribution in [0, 0.1) is 0 Å². The summed E-state index contributed by atoms with van der Waals surface area (Å²) < 4.78 is 5.22. The second-order valence-electron chi connectivity index (χ2n) is 2.62. The molecular formula is C11H19NO. The fourth-order valence-electron chi connectivity index (χ4n) is 0.794. The molecule has 0 atom stereocenters. The lowest BCUT2D eigenvalue weighted by atomic mass is 10.2. The molecule has 1 aromatic rings. The molecule has 0 bridgehead atoms.